The van der Waals surface area contributed by atoms with Gasteiger partial charge in [0.05, 0.1) is 6.04 Å². The van der Waals surface area contributed by atoms with Gasteiger partial charge in [0.25, 0.3) is 0 Å². The molecule has 4 rings (SSSR count). The van der Waals surface area contributed by atoms with Gasteiger partial charge in [-0.15, -0.1) is 0 Å². The molecule has 1 atom stereocenters. The highest BCUT2D eigenvalue weighted by molar-refractivity contribution is 6.40. The molecule has 4 nitrogen and oxygen atoms in total. The molecule has 0 saturated heterocycles. The maximum Gasteiger partial charge on any atom is 0.178 e. The summed E-state index contributed by atoms with van der Waals surface area (Å²) in [4.78, 5) is 16.3. The number of nitrogens with one attached hydrogen (secondary N) is 1. The summed E-state index contributed by atoms with van der Waals surface area (Å²) in [5, 5.41) is 7.83. The fourth-order valence-electron chi connectivity index (χ4n) is 4.62. The van der Waals surface area contributed by atoms with Crippen LogP contribution in [0, 0.1) is 12.7 Å². The van der Waals surface area contributed by atoms with Gasteiger partial charge in [0.2, 0.25) is 0 Å². The van der Waals surface area contributed by atoms with Gasteiger partial charge in [-0.25, -0.2) is 4.39 Å². The zero-order chi connectivity index (χ0) is 22.5. The lowest BCUT2D eigenvalue weighted by atomic mass is 9.97. The first kappa shape index (κ1) is 22.3. The van der Waals surface area contributed by atoms with E-state index in [1.165, 1.54) is 28.1 Å². The van der Waals surface area contributed by atoms with Crippen LogP contribution in [0.15, 0.2) is 53.8 Å². The highest BCUT2D eigenvalue weighted by Crippen LogP contribution is 2.33. The average molecular weight is 434 g/mol. The molecule has 32 heavy (non-hydrogen) atoms. The molecule has 1 aliphatic rings. The lowest BCUT2D eigenvalue weighted by Gasteiger charge is -2.24. The normalized spacial score (nSPS) is 16.0. The van der Waals surface area contributed by atoms with Crippen molar-refractivity contribution in [3.8, 4) is 0 Å². The number of hydrazone groups is 1. The minimum absolute atomic E-state index is 0.0837. The lowest BCUT2D eigenvalue weighted by Crippen LogP contribution is -2.21. The maximum absolute atomic E-state index is 14.5. The number of H-pyrrole nitrogens is 1. The van der Waals surface area contributed by atoms with E-state index < -0.39 is 0 Å². The van der Waals surface area contributed by atoms with Gasteiger partial charge in [0, 0.05) is 42.0 Å². The fraction of sp³-hybridized carbons (Fsp3) is 0.407. The number of hydrogen-bond donors (Lipinski definition) is 1. The Morgan fingerprint density at radius 3 is 2.81 bits per heavy atom. The van der Waals surface area contributed by atoms with E-state index in [0.29, 0.717) is 24.1 Å². The van der Waals surface area contributed by atoms with E-state index in [-0.39, 0.29) is 17.6 Å². The summed E-state index contributed by atoms with van der Waals surface area (Å²) in [7, 11) is 0. The number of aromatic amines is 1. The molecule has 1 aromatic heterocycles. The third kappa shape index (κ3) is 4.77. The summed E-state index contributed by atoms with van der Waals surface area (Å²) in [6.45, 7) is 5.01. The van der Waals surface area contributed by atoms with Crippen LogP contribution in [0.3, 0.4) is 0 Å². The molecule has 3 aromatic rings. The Balaban J connectivity index is 1.41. The number of benzene rings is 2. The van der Waals surface area contributed by atoms with Crippen LogP contribution in [0.4, 0.5) is 4.39 Å². The van der Waals surface area contributed by atoms with Crippen molar-refractivity contribution in [3.05, 3.63) is 71.2 Å². The molecule has 2 aromatic carbocycles. The Morgan fingerprint density at radius 1 is 1.16 bits per heavy atom. The van der Waals surface area contributed by atoms with E-state index >= 15 is 0 Å². The summed E-state index contributed by atoms with van der Waals surface area (Å²) in [6.07, 6.45) is 7.83. The second-order valence-corrected chi connectivity index (χ2v) is 8.75. The first-order chi connectivity index (χ1) is 15.6. The Hall–Kier alpha value is -2.95. The molecule has 0 aliphatic carbocycles. The second kappa shape index (κ2) is 10.1. The molecule has 1 aliphatic heterocycles. The van der Waals surface area contributed by atoms with Crippen LogP contribution in [0.2, 0.25) is 0 Å². The smallest absolute Gasteiger partial charge is 0.178 e. The molecule has 0 amide bonds. The molecular formula is C27H32FN3O. The van der Waals surface area contributed by atoms with Crippen molar-refractivity contribution in [3.63, 3.8) is 0 Å². The summed E-state index contributed by atoms with van der Waals surface area (Å²) < 4.78 is 14.5. The number of Topliss-reactive ketones (excluding diaryl/α,β-unsaturated/α-hetero) is 1. The first-order valence-corrected chi connectivity index (χ1v) is 11.8. The van der Waals surface area contributed by atoms with Crippen LogP contribution >= 0.6 is 0 Å². The van der Waals surface area contributed by atoms with Crippen LogP contribution in [0.5, 0.6) is 0 Å². The molecule has 2 heterocycles. The van der Waals surface area contributed by atoms with E-state index in [9.17, 15) is 9.18 Å². The summed E-state index contributed by atoms with van der Waals surface area (Å²) >= 11 is 0. The Labute approximate surface area is 189 Å². The van der Waals surface area contributed by atoms with E-state index in [4.69, 9.17) is 0 Å². The SMILES string of the molecule is CCCCCN1N=C(C(=O)CCCc2c[nH]c3c(C)cccc23)CC1c1ccccc1F. The highest BCUT2D eigenvalue weighted by atomic mass is 19.1. The number of carbonyl (C=O) groups is 1. The Kier molecular flexibility index (Phi) is 7.03. The zero-order valence-corrected chi connectivity index (χ0v) is 19.0. The minimum atomic E-state index is -0.225. The van der Waals surface area contributed by atoms with Gasteiger partial charge in [-0.3, -0.25) is 9.80 Å². The number of halogens is 1. The van der Waals surface area contributed by atoms with Gasteiger partial charge in [0.1, 0.15) is 11.5 Å². The predicted octanol–water partition coefficient (Wildman–Crippen LogP) is 6.50. The largest absolute Gasteiger partial charge is 0.361 e. The zero-order valence-electron chi connectivity index (χ0n) is 19.0. The van der Waals surface area contributed by atoms with Crippen molar-refractivity contribution in [1.82, 2.24) is 9.99 Å². The number of aryl methyl sites for hydroxylation is 2. The fourth-order valence-corrected chi connectivity index (χ4v) is 4.62. The molecule has 1 N–H and O–H groups in total. The van der Waals surface area contributed by atoms with Crippen LogP contribution in [0.1, 0.15) is 68.2 Å². The number of ketones is 1. The van der Waals surface area contributed by atoms with Crippen molar-refractivity contribution in [2.24, 2.45) is 5.10 Å². The number of aromatic nitrogens is 1. The van der Waals surface area contributed by atoms with Crippen molar-refractivity contribution in [2.45, 2.75) is 64.8 Å². The van der Waals surface area contributed by atoms with Crippen LogP contribution < -0.4 is 0 Å². The molecule has 0 saturated carbocycles. The molecule has 168 valence electrons. The number of fused-ring (bicyclic) bond motifs is 1. The monoisotopic (exact) mass is 433 g/mol. The summed E-state index contributed by atoms with van der Waals surface area (Å²) in [6, 6.07) is 13.0. The van der Waals surface area contributed by atoms with Crippen LogP contribution in [0.25, 0.3) is 10.9 Å². The second-order valence-electron chi connectivity index (χ2n) is 8.75. The maximum atomic E-state index is 14.5. The molecule has 1 unspecified atom stereocenters. The minimum Gasteiger partial charge on any atom is -0.361 e. The number of rotatable bonds is 10. The Bertz CT molecular complexity index is 1120. The number of unbranched alkanes of at least 4 members (excludes halogenated alkanes) is 2. The third-order valence-electron chi connectivity index (χ3n) is 6.43. The van der Waals surface area contributed by atoms with Gasteiger partial charge in [-0.1, -0.05) is 56.2 Å². The summed E-state index contributed by atoms with van der Waals surface area (Å²) in [5.41, 5.74) is 4.86. The van der Waals surface area contributed by atoms with Crippen LogP contribution in [-0.2, 0) is 11.2 Å². The van der Waals surface area contributed by atoms with Crippen LogP contribution in [-0.4, -0.2) is 28.0 Å². The van der Waals surface area contributed by atoms with E-state index in [1.54, 1.807) is 6.07 Å². The standard InChI is InChI=1S/C27H32FN3O/c1-3-4-7-16-31-25(22-12-5-6-14-23(22)28)17-24(30-31)26(32)15-9-11-20-18-29-27-19(2)10-8-13-21(20)27/h5-6,8,10,12-14,18,25,29H,3-4,7,9,11,15-17H2,1-2H3. The number of nitrogens with zero attached hydrogens (tertiary/aromatic N) is 2. The molecular weight excluding hydrogens is 401 g/mol. The number of carbonyl (C=O) groups excluding carboxylic acids is 1. The lowest BCUT2D eigenvalue weighted by molar-refractivity contribution is -0.113. The van der Waals surface area contributed by atoms with Gasteiger partial charge >= 0.3 is 0 Å². The average Bonchev–Trinajstić information content (AvgIpc) is 3.40. The highest BCUT2D eigenvalue weighted by Gasteiger charge is 2.32. The van der Waals surface area contributed by atoms with Crippen molar-refractivity contribution in [1.29, 1.82) is 0 Å². The van der Waals surface area contributed by atoms with Gasteiger partial charge in [-0.2, -0.15) is 5.10 Å². The topological polar surface area (TPSA) is 48.5 Å². The number of hydrogen-bond acceptors (Lipinski definition) is 3. The van der Waals surface area contributed by atoms with Gasteiger partial charge < -0.3 is 4.98 Å². The van der Waals surface area contributed by atoms with E-state index in [0.717, 1.165) is 38.6 Å². The van der Waals surface area contributed by atoms with Crippen molar-refractivity contribution < 1.29 is 9.18 Å². The van der Waals surface area contributed by atoms with Crippen molar-refractivity contribution >= 4 is 22.4 Å². The molecule has 0 bridgehead atoms. The third-order valence-corrected chi connectivity index (χ3v) is 6.43. The quantitative estimate of drug-likeness (QED) is 0.371. The summed E-state index contributed by atoms with van der Waals surface area (Å²) in [5.74, 6) is -0.142. The van der Waals surface area contributed by atoms with Gasteiger partial charge in [-0.05, 0) is 43.4 Å². The Morgan fingerprint density at radius 2 is 2.00 bits per heavy atom. The molecule has 0 radical (unpaired) electrons. The molecule has 0 spiro atoms. The first-order valence-electron chi connectivity index (χ1n) is 11.8. The van der Waals surface area contributed by atoms with E-state index in [2.05, 4.69) is 48.3 Å². The van der Waals surface area contributed by atoms with E-state index in [1.807, 2.05) is 17.1 Å². The van der Waals surface area contributed by atoms with Crippen molar-refractivity contribution in [2.75, 3.05) is 6.54 Å². The van der Waals surface area contributed by atoms with Gasteiger partial charge in [0.15, 0.2) is 5.78 Å². The molecule has 0 fully saturated rings. The predicted molar refractivity (Wildman–Crippen MR) is 128 cm³/mol. The molecule has 5 heteroatoms. The number of para-hydroxylation sites is 1.